The highest BCUT2D eigenvalue weighted by molar-refractivity contribution is 6.06. The van der Waals surface area contributed by atoms with Crippen LogP contribution in [0.3, 0.4) is 0 Å². The number of benzene rings is 1. The molecule has 0 bridgehead atoms. The molecule has 0 spiro atoms. The Morgan fingerprint density at radius 3 is 2.75 bits per heavy atom. The SMILES string of the molecule is CN(C)CC(C)(C)CNC(=O)c1cccc2[nH]ccc12. The number of carbonyl (C=O) groups excluding carboxylic acids is 1. The van der Waals surface area contributed by atoms with Crippen molar-refractivity contribution in [3.8, 4) is 0 Å². The molecule has 0 radical (unpaired) electrons. The first-order valence-corrected chi connectivity index (χ1v) is 6.88. The first-order chi connectivity index (χ1) is 9.39. The second-order valence-electron chi connectivity index (χ2n) is 6.33. The second-order valence-corrected chi connectivity index (χ2v) is 6.33. The maximum atomic E-state index is 12.4. The Kier molecular flexibility index (Phi) is 4.14. The van der Waals surface area contributed by atoms with Crippen LogP contribution in [-0.4, -0.2) is 43.0 Å². The lowest BCUT2D eigenvalue weighted by Gasteiger charge is -2.28. The molecular formula is C16H23N3O. The molecule has 4 nitrogen and oxygen atoms in total. The van der Waals surface area contributed by atoms with Crippen LogP contribution >= 0.6 is 0 Å². The van der Waals surface area contributed by atoms with Gasteiger partial charge in [0.2, 0.25) is 0 Å². The van der Waals surface area contributed by atoms with Gasteiger partial charge in [-0.1, -0.05) is 19.9 Å². The number of aromatic amines is 1. The predicted octanol–water partition coefficient (Wildman–Crippen LogP) is 2.49. The zero-order valence-corrected chi connectivity index (χ0v) is 12.7. The van der Waals surface area contributed by atoms with E-state index >= 15 is 0 Å². The number of nitrogens with zero attached hydrogens (tertiary/aromatic N) is 1. The molecule has 0 aliphatic carbocycles. The summed E-state index contributed by atoms with van der Waals surface area (Å²) < 4.78 is 0. The Morgan fingerprint density at radius 2 is 2.05 bits per heavy atom. The van der Waals surface area contributed by atoms with Gasteiger partial charge in [-0.2, -0.15) is 0 Å². The zero-order chi connectivity index (χ0) is 14.8. The second kappa shape index (κ2) is 5.67. The zero-order valence-electron chi connectivity index (χ0n) is 12.7. The number of H-pyrrole nitrogens is 1. The number of carbonyl (C=O) groups is 1. The third kappa shape index (κ3) is 3.39. The van der Waals surface area contributed by atoms with Crippen molar-refractivity contribution >= 4 is 16.8 Å². The fraction of sp³-hybridized carbons (Fsp3) is 0.438. The molecule has 0 saturated heterocycles. The van der Waals surface area contributed by atoms with Crippen LogP contribution in [0.4, 0.5) is 0 Å². The lowest BCUT2D eigenvalue weighted by atomic mass is 9.93. The summed E-state index contributed by atoms with van der Waals surface area (Å²) in [5, 5.41) is 4.02. The van der Waals surface area contributed by atoms with Crippen LogP contribution in [0.15, 0.2) is 30.5 Å². The van der Waals surface area contributed by atoms with Gasteiger partial charge in [0.1, 0.15) is 0 Å². The lowest BCUT2D eigenvalue weighted by Crippen LogP contribution is -2.40. The van der Waals surface area contributed by atoms with Crippen LogP contribution in [0.2, 0.25) is 0 Å². The summed E-state index contributed by atoms with van der Waals surface area (Å²) in [5.74, 6) is -0.0120. The van der Waals surface area contributed by atoms with Crippen molar-refractivity contribution in [3.63, 3.8) is 0 Å². The first-order valence-electron chi connectivity index (χ1n) is 6.88. The number of hydrogen-bond donors (Lipinski definition) is 2. The van der Waals surface area contributed by atoms with E-state index in [4.69, 9.17) is 0 Å². The van der Waals surface area contributed by atoms with Gasteiger partial charge in [-0.05, 0) is 37.7 Å². The van der Waals surface area contributed by atoms with E-state index in [2.05, 4.69) is 29.0 Å². The molecule has 1 amide bonds. The third-order valence-electron chi connectivity index (χ3n) is 3.31. The van der Waals surface area contributed by atoms with Crippen molar-refractivity contribution in [3.05, 3.63) is 36.0 Å². The first kappa shape index (κ1) is 14.6. The van der Waals surface area contributed by atoms with E-state index in [9.17, 15) is 4.79 Å². The number of nitrogens with one attached hydrogen (secondary N) is 2. The number of fused-ring (bicyclic) bond motifs is 1. The molecule has 0 unspecified atom stereocenters. The Balaban J connectivity index is 2.07. The largest absolute Gasteiger partial charge is 0.361 e. The van der Waals surface area contributed by atoms with Gasteiger partial charge in [0.15, 0.2) is 0 Å². The smallest absolute Gasteiger partial charge is 0.251 e. The molecule has 0 aliphatic rings. The molecule has 2 N–H and O–H groups in total. The van der Waals surface area contributed by atoms with Crippen LogP contribution in [0, 0.1) is 5.41 Å². The predicted molar refractivity (Wildman–Crippen MR) is 83.0 cm³/mol. The summed E-state index contributed by atoms with van der Waals surface area (Å²) in [7, 11) is 4.09. The van der Waals surface area contributed by atoms with Gasteiger partial charge in [0.05, 0.1) is 0 Å². The minimum absolute atomic E-state index is 0.0120. The van der Waals surface area contributed by atoms with Crippen molar-refractivity contribution < 1.29 is 4.79 Å². The van der Waals surface area contributed by atoms with Gasteiger partial charge < -0.3 is 15.2 Å². The van der Waals surface area contributed by atoms with Crippen molar-refractivity contribution in [1.82, 2.24) is 15.2 Å². The van der Waals surface area contributed by atoms with Gasteiger partial charge in [-0.25, -0.2) is 0 Å². The van der Waals surface area contributed by atoms with Gasteiger partial charge in [-0.15, -0.1) is 0 Å². The van der Waals surface area contributed by atoms with Crippen molar-refractivity contribution in [1.29, 1.82) is 0 Å². The van der Waals surface area contributed by atoms with E-state index in [1.165, 1.54) is 0 Å². The van der Waals surface area contributed by atoms with E-state index in [-0.39, 0.29) is 11.3 Å². The fourth-order valence-corrected chi connectivity index (χ4v) is 2.61. The Bertz CT molecular complexity index is 599. The summed E-state index contributed by atoms with van der Waals surface area (Å²) in [5.41, 5.74) is 1.76. The summed E-state index contributed by atoms with van der Waals surface area (Å²) in [6.45, 7) is 5.90. The van der Waals surface area contributed by atoms with Crippen LogP contribution in [0.5, 0.6) is 0 Å². The average Bonchev–Trinajstić information content (AvgIpc) is 2.82. The highest BCUT2D eigenvalue weighted by Crippen LogP contribution is 2.18. The van der Waals surface area contributed by atoms with Crippen LogP contribution in [0.1, 0.15) is 24.2 Å². The molecule has 108 valence electrons. The molecule has 0 fully saturated rings. The Labute approximate surface area is 120 Å². The van der Waals surface area contributed by atoms with E-state index in [1.807, 2.05) is 44.6 Å². The molecule has 1 heterocycles. The molecule has 1 aromatic heterocycles. The van der Waals surface area contributed by atoms with Crippen LogP contribution in [-0.2, 0) is 0 Å². The van der Waals surface area contributed by atoms with Gasteiger partial charge >= 0.3 is 0 Å². The Morgan fingerprint density at radius 1 is 1.30 bits per heavy atom. The fourth-order valence-electron chi connectivity index (χ4n) is 2.61. The summed E-state index contributed by atoms with van der Waals surface area (Å²) in [6, 6.07) is 7.68. The number of amides is 1. The molecule has 4 heteroatoms. The minimum Gasteiger partial charge on any atom is -0.361 e. The van der Waals surface area contributed by atoms with Gasteiger partial charge in [0.25, 0.3) is 5.91 Å². The van der Waals surface area contributed by atoms with Crippen LogP contribution in [0.25, 0.3) is 10.9 Å². The van der Waals surface area contributed by atoms with E-state index in [0.717, 1.165) is 23.0 Å². The highest BCUT2D eigenvalue weighted by atomic mass is 16.1. The molecule has 2 rings (SSSR count). The van der Waals surface area contributed by atoms with Gasteiger partial charge in [0, 0.05) is 35.8 Å². The molecule has 0 atom stereocenters. The quantitative estimate of drug-likeness (QED) is 0.879. The highest BCUT2D eigenvalue weighted by Gasteiger charge is 2.20. The van der Waals surface area contributed by atoms with E-state index < -0.39 is 0 Å². The maximum absolute atomic E-state index is 12.4. The molecule has 0 aliphatic heterocycles. The minimum atomic E-state index is -0.0120. The monoisotopic (exact) mass is 273 g/mol. The van der Waals surface area contributed by atoms with E-state index in [1.54, 1.807) is 0 Å². The van der Waals surface area contributed by atoms with Crippen molar-refractivity contribution in [2.24, 2.45) is 5.41 Å². The summed E-state index contributed by atoms with van der Waals surface area (Å²) in [4.78, 5) is 17.6. The molecule has 1 aromatic carbocycles. The summed E-state index contributed by atoms with van der Waals surface area (Å²) >= 11 is 0. The van der Waals surface area contributed by atoms with Gasteiger partial charge in [-0.3, -0.25) is 4.79 Å². The lowest BCUT2D eigenvalue weighted by molar-refractivity contribution is 0.0931. The molecule has 2 aromatic rings. The van der Waals surface area contributed by atoms with E-state index in [0.29, 0.717) is 6.54 Å². The molecule has 0 saturated carbocycles. The maximum Gasteiger partial charge on any atom is 0.251 e. The standard InChI is InChI=1S/C16H23N3O/c1-16(2,11-19(3)4)10-18-15(20)13-6-5-7-14-12(13)8-9-17-14/h5-9,17H,10-11H2,1-4H3,(H,18,20). The van der Waals surface area contributed by atoms with Crippen molar-refractivity contribution in [2.75, 3.05) is 27.2 Å². The summed E-state index contributed by atoms with van der Waals surface area (Å²) in [6.07, 6.45) is 1.86. The molecular weight excluding hydrogens is 250 g/mol. The number of hydrogen-bond acceptors (Lipinski definition) is 2. The normalized spacial score (nSPS) is 12.1. The van der Waals surface area contributed by atoms with Crippen molar-refractivity contribution in [2.45, 2.75) is 13.8 Å². The van der Waals surface area contributed by atoms with Crippen LogP contribution < -0.4 is 5.32 Å². The number of rotatable bonds is 5. The average molecular weight is 273 g/mol. The topological polar surface area (TPSA) is 48.1 Å². The number of aromatic nitrogens is 1. The third-order valence-corrected chi connectivity index (χ3v) is 3.31. The molecule has 20 heavy (non-hydrogen) atoms. The Hall–Kier alpha value is -1.81.